The van der Waals surface area contributed by atoms with Gasteiger partial charge < -0.3 is 29.1 Å². The quantitative estimate of drug-likeness (QED) is 0.535. The number of hydrogen-bond acceptors (Lipinski definition) is 8. The van der Waals surface area contributed by atoms with Crippen molar-refractivity contribution < 1.29 is 33.5 Å². The second-order valence-corrected chi connectivity index (χ2v) is 6.21. The zero-order chi connectivity index (χ0) is 22.1. The highest BCUT2D eigenvalue weighted by atomic mass is 16.6. The van der Waals surface area contributed by atoms with Gasteiger partial charge in [-0.1, -0.05) is 6.07 Å². The fourth-order valence-electron chi connectivity index (χ4n) is 2.07. The van der Waals surface area contributed by atoms with Gasteiger partial charge in [0.2, 0.25) is 0 Å². The Morgan fingerprint density at radius 2 is 1.66 bits per heavy atom. The normalized spacial score (nSPS) is 11.1. The van der Waals surface area contributed by atoms with Crippen molar-refractivity contribution in [3.05, 3.63) is 39.7 Å². The highest BCUT2D eigenvalue weighted by Gasteiger charge is 2.35. The molecular formula is C18H25N3O8. The molecule has 0 saturated heterocycles. The topological polar surface area (TPSA) is 129 Å². The summed E-state index contributed by atoms with van der Waals surface area (Å²) in [5.41, 5.74) is 2.35. The summed E-state index contributed by atoms with van der Waals surface area (Å²) < 4.78 is 20.2. The van der Waals surface area contributed by atoms with Crippen LogP contribution in [0.1, 0.15) is 33.3 Å². The van der Waals surface area contributed by atoms with E-state index in [1.807, 2.05) is 5.43 Å². The Hall–Kier alpha value is -3.50. The van der Waals surface area contributed by atoms with E-state index >= 15 is 0 Å². The van der Waals surface area contributed by atoms with Crippen LogP contribution >= 0.6 is 0 Å². The minimum Gasteiger partial charge on any atom is -0.493 e. The minimum atomic E-state index is -1.15. The molecule has 1 rings (SSSR count). The van der Waals surface area contributed by atoms with Gasteiger partial charge in [0.05, 0.1) is 20.3 Å². The summed E-state index contributed by atoms with van der Waals surface area (Å²) in [6.07, 6.45) is -2.22. The molecule has 1 aromatic carbocycles. The van der Waals surface area contributed by atoms with Crippen LogP contribution in [-0.2, 0) is 9.47 Å². The largest absolute Gasteiger partial charge is 0.532 e. The van der Waals surface area contributed by atoms with E-state index in [1.54, 1.807) is 33.8 Å². The number of hydrogen-bond donors (Lipinski definition) is 1. The third kappa shape index (κ3) is 7.20. The van der Waals surface area contributed by atoms with Gasteiger partial charge >= 0.3 is 18.0 Å². The fraction of sp³-hybridized carbons (Fsp3) is 0.444. The summed E-state index contributed by atoms with van der Waals surface area (Å²) in [6, 6.07) is 4.53. The lowest BCUT2D eigenvalue weighted by Gasteiger charge is -2.18. The molecule has 11 heteroatoms. The summed E-state index contributed by atoms with van der Waals surface area (Å²) in [7, 11) is 2.86. The van der Waals surface area contributed by atoms with Gasteiger partial charge in [-0.15, -0.1) is 5.43 Å². The molecule has 0 unspecified atom stereocenters. The number of ether oxygens (including phenoxy) is 4. The summed E-state index contributed by atoms with van der Waals surface area (Å²) in [6.45, 7) is 6.30. The van der Waals surface area contributed by atoms with Gasteiger partial charge in [-0.05, 0) is 55.3 Å². The molecule has 0 aliphatic carbocycles. The van der Waals surface area contributed by atoms with Crippen molar-refractivity contribution in [2.75, 3.05) is 14.2 Å². The second-order valence-electron chi connectivity index (χ2n) is 6.21. The Kier molecular flexibility index (Phi) is 8.71. The molecular weight excluding hydrogens is 386 g/mol. The fourth-order valence-corrected chi connectivity index (χ4v) is 2.07. The number of benzene rings is 1. The standard InChI is InChI=1S/C18H25N3O8/c1-11(2)28-17(22)19-20(18(23)29-12(3)4)16(21(24)25)10-13-7-8-14(26-5)15(9-13)27-6/h7-12H,1-6H3,(H,19,22)/b16-10+. The molecule has 0 aliphatic heterocycles. The maximum absolute atomic E-state index is 12.4. The summed E-state index contributed by atoms with van der Waals surface area (Å²) in [4.78, 5) is 35.1. The van der Waals surface area contributed by atoms with Gasteiger partial charge in [0.1, 0.15) is 6.10 Å². The number of hydrazine groups is 1. The smallest absolute Gasteiger partial charge is 0.493 e. The van der Waals surface area contributed by atoms with Crippen molar-refractivity contribution in [1.29, 1.82) is 0 Å². The summed E-state index contributed by atoms with van der Waals surface area (Å²) in [5, 5.41) is 12.0. The Labute approximate surface area is 168 Å². The van der Waals surface area contributed by atoms with E-state index in [-0.39, 0.29) is 0 Å². The molecule has 0 fully saturated rings. The van der Waals surface area contributed by atoms with Gasteiger partial charge in [0.25, 0.3) is 0 Å². The van der Waals surface area contributed by atoms with Crippen LogP contribution in [0.25, 0.3) is 6.08 Å². The van der Waals surface area contributed by atoms with Crippen molar-refractivity contribution in [3.8, 4) is 11.5 Å². The highest BCUT2D eigenvalue weighted by molar-refractivity contribution is 5.76. The van der Waals surface area contributed by atoms with Crippen molar-refractivity contribution in [1.82, 2.24) is 10.4 Å². The van der Waals surface area contributed by atoms with E-state index in [1.165, 1.54) is 26.4 Å². The zero-order valence-electron chi connectivity index (χ0n) is 17.1. The number of nitrogens with zero attached hydrogens (tertiary/aromatic N) is 2. The van der Waals surface area contributed by atoms with E-state index in [0.717, 1.165) is 6.08 Å². The monoisotopic (exact) mass is 411 g/mol. The second kappa shape index (κ2) is 10.7. The van der Waals surface area contributed by atoms with Gasteiger partial charge in [-0.3, -0.25) is 0 Å². The predicted octanol–water partition coefficient (Wildman–Crippen LogP) is 3.18. The first-order valence-electron chi connectivity index (χ1n) is 8.65. The van der Waals surface area contributed by atoms with Crippen LogP contribution in [0, 0.1) is 10.1 Å². The first kappa shape index (κ1) is 23.5. The number of nitrogens with one attached hydrogen (secondary N) is 1. The SMILES string of the molecule is COc1ccc(/C=C(\N(NC(=O)OC(C)C)C(=O)OC(C)C)[N+](=O)[O-])cc1OC. The average molecular weight is 411 g/mol. The highest BCUT2D eigenvalue weighted by Crippen LogP contribution is 2.28. The molecule has 0 aliphatic rings. The summed E-state index contributed by atoms with van der Waals surface area (Å²) >= 11 is 0. The lowest BCUT2D eigenvalue weighted by atomic mass is 10.2. The number of rotatable bonds is 7. The Balaban J connectivity index is 3.37. The number of amides is 2. The van der Waals surface area contributed by atoms with Gasteiger partial charge in [-0.25, -0.2) is 4.79 Å². The molecule has 160 valence electrons. The third-order valence-corrected chi connectivity index (χ3v) is 3.18. The molecule has 0 radical (unpaired) electrons. The molecule has 29 heavy (non-hydrogen) atoms. The van der Waals surface area contributed by atoms with Crippen LogP contribution in [0.4, 0.5) is 9.59 Å². The number of carbonyl (C=O) groups excluding carboxylic acids is 2. The van der Waals surface area contributed by atoms with Gasteiger partial charge in [0, 0.05) is 6.08 Å². The molecule has 0 aromatic heterocycles. The van der Waals surface area contributed by atoms with Crippen molar-refractivity contribution in [2.45, 2.75) is 39.9 Å². The van der Waals surface area contributed by atoms with Crippen LogP contribution < -0.4 is 14.9 Å². The van der Waals surface area contributed by atoms with E-state index in [0.29, 0.717) is 22.1 Å². The number of methoxy groups -OCH3 is 2. The van der Waals surface area contributed by atoms with Gasteiger partial charge in [-0.2, -0.15) is 4.79 Å². The molecule has 2 amide bonds. The van der Waals surface area contributed by atoms with Crippen LogP contribution in [-0.4, -0.2) is 48.5 Å². The number of nitro groups is 1. The van der Waals surface area contributed by atoms with E-state index < -0.39 is 35.1 Å². The minimum absolute atomic E-state index is 0.315. The molecule has 1 aromatic rings. The Morgan fingerprint density at radius 1 is 1.07 bits per heavy atom. The third-order valence-electron chi connectivity index (χ3n) is 3.18. The van der Waals surface area contributed by atoms with Crippen molar-refractivity contribution in [2.24, 2.45) is 0 Å². The molecule has 0 saturated carbocycles. The maximum atomic E-state index is 12.4. The van der Waals surface area contributed by atoms with Crippen LogP contribution in [0.15, 0.2) is 24.0 Å². The molecule has 0 spiro atoms. The lowest BCUT2D eigenvalue weighted by Crippen LogP contribution is -2.48. The zero-order valence-corrected chi connectivity index (χ0v) is 17.1. The predicted molar refractivity (Wildman–Crippen MR) is 103 cm³/mol. The average Bonchev–Trinajstić information content (AvgIpc) is 2.62. The molecule has 0 heterocycles. The van der Waals surface area contributed by atoms with Crippen LogP contribution in [0.5, 0.6) is 11.5 Å². The van der Waals surface area contributed by atoms with Crippen LogP contribution in [0.3, 0.4) is 0 Å². The lowest BCUT2D eigenvalue weighted by molar-refractivity contribution is -0.443. The molecule has 0 atom stereocenters. The van der Waals surface area contributed by atoms with Crippen molar-refractivity contribution >= 4 is 18.3 Å². The van der Waals surface area contributed by atoms with Crippen molar-refractivity contribution in [3.63, 3.8) is 0 Å². The molecule has 11 nitrogen and oxygen atoms in total. The molecule has 0 bridgehead atoms. The van der Waals surface area contributed by atoms with Crippen LogP contribution in [0.2, 0.25) is 0 Å². The maximum Gasteiger partial charge on any atom is 0.532 e. The van der Waals surface area contributed by atoms with E-state index in [2.05, 4.69) is 0 Å². The van der Waals surface area contributed by atoms with E-state index in [4.69, 9.17) is 18.9 Å². The first-order chi connectivity index (χ1) is 13.6. The van der Waals surface area contributed by atoms with E-state index in [9.17, 15) is 19.7 Å². The Morgan fingerprint density at radius 3 is 2.14 bits per heavy atom. The molecule has 1 N–H and O–H groups in total. The summed E-state index contributed by atoms with van der Waals surface area (Å²) in [5.74, 6) is -0.0157. The number of carbonyl (C=O) groups is 2. The first-order valence-corrected chi connectivity index (χ1v) is 8.65. The van der Waals surface area contributed by atoms with Gasteiger partial charge in [0.15, 0.2) is 11.5 Å². The Bertz CT molecular complexity index is 776.